The van der Waals surface area contributed by atoms with Gasteiger partial charge in [-0.15, -0.1) is 0 Å². The molecule has 1 aliphatic heterocycles. The fraction of sp³-hybridized carbons (Fsp3) is 0.867. The smallest absolute Gasteiger partial charge is 0.242 e. The molecule has 1 unspecified atom stereocenters. The first-order valence-corrected chi connectivity index (χ1v) is 7.77. The first-order chi connectivity index (χ1) is 9.54. The molecule has 2 rings (SSSR count). The quantitative estimate of drug-likeness (QED) is 0.806. The fourth-order valence-electron chi connectivity index (χ4n) is 3.57. The van der Waals surface area contributed by atoms with E-state index in [2.05, 4.69) is 12.2 Å². The zero-order valence-electron chi connectivity index (χ0n) is 12.7. The molecule has 0 aromatic rings. The van der Waals surface area contributed by atoms with E-state index in [1.54, 1.807) is 11.9 Å². The number of nitrogens with one attached hydrogen (secondary N) is 1. The number of nitrogens with zero attached hydrogens (tertiary/aromatic N) is 1. The molecule has 114 valence electrons. The van der Waals surface area contributed by atoms with Crippen LogP contribution in [0.5, 0.6) is 0 Å². The summed E-state index contributed by atoms with van der Waals surface area (Å²) in [5.74, 6) is 0.737. The van der Waals surface area contributed by atoms with E-state index in [0.717, 1.165) is 38.5 Å². The second-order valence-corrected chi connectivity index (χ2v) is 6.44. The van der Waals surface area contributed by atoms with E-state index in [9.17, 15) is 9.59 Å². The highest BCUT2D eigenvalue weighted by Gasteiger charge is 2.46. The fourth-order valence-corrected chi connectivity index (χ4v) is 3.57. The highest BCUT2D eigenvalue weighted by Crippen LogP contribution is 2.40. The van der Waals surface area contributed by atoms with Crippen LogP contribution in [0.2, 0.25) is 0 Å². The summed E-state index contributed by atoms with van der Waals surface area (Å²) in [6.45, 7) is 3.32. The van der Waals surface area contributed by atoms with Gasteiger partial charge in [0.25, 0.3) is 0 Å². The maximum atomic E-state index is 13.0. The minimum atomic E-state index is -0.427. The van der Waals surface area contributed by atoms with Crippen LogP contribution in [0.4, 0.5) is 0 Å². The number of hydrogen-bond donors (Lipinski definition) is 2. The highest BCUT2D eigenvalue weighted by atomic mass is 16.2. The van der Waals surface area contributed by atoms with E-state index in [1.165, 1.54) is 0 Å². The molecule has 5 nitrogen and oxygen atoms in total. The lowest BCUT2D eigenvalue weighted by Crippen LogP contribution is -2.54. The molecule has 0 radical (unpaired) electrons. The van der Waals surface area contributed by atoms with Crippen molar-refractivity contribution in [3.8, 4) is 0 Å². The summed E-state index contributed by atoms with van der Waals surface area (Å²) >= 11 is 0. The Morgan fingerprint density at radius 1 is 1.30 bits per heavy atom. The standard InChI is InChI=1S/C15H27N3O2/c1-11-5-7-15(10-16,8-6-11)14(20)18-9-3-4-12(18)13(19)17-2/h11-12H,3-10,16H2,1-2H3,(H,17,19). The molecule has 0 bridgehead atoms. The van der Waals surface area contributed by atoms with Gasteiger partial charge < -0.3 is 16.0 Å². The van der Waals surface area contributed by atoms with E-state index < -0.39 is 5.41 Å². The lowest BCUT2D eigenvalue weighted by atomic mass is 9.70. The normalized spacial score (nSPS) is 34.0. The SMILES string of the molecule is CNC(=O)C1CCCN1C(=O)C1(CN)CCC(C)CC1. The van der Waals surface area contributed by atoms with E-state index in [0.29, 0.717) is 19.0 Å². The van der Waals surface area contributed by atoms with Crippen LogP contribution in [0.25, 0.3) is 0 Å². The summed E-state index contributed by atoms with van der Waals surface area (Å²) in [5, 5.41) is 2.67. The third-order valence-corrected chi connectivity index (χ3v) is 5.14. The van der Waals surface area contributed by atoms with Gasteiger partial charge in [-0.05, 0) is 44.4 Å². The van der Waals surface area contributed by atoms with Gasteiger partial charge in [0.15, 0.2) is 0 Å². The minimum absolute atomic E-state index is 0.0489. The first-order valence-electron chi connectivity index (χ1n) is 7.77. The molecule has 3 N–H and O–H groups in total. The number of carbonyl (C=O) groups excluding carboxylic acids is 2. The van der Waals surface area contributed by atoms with E-state index >= 15 is 0 Å². The maximum absolute atomic E-state index is 13.0. The molecule has 1 aliphatic carbocycles. The molecule has 0 spiro atoms. The molecule has 20 heavy (non-hydrogen) atoms. The molecule has 1 saturated heterocycles. The zero-order valence-corrected chi connectivity index (χ0v) is 12.7. The Morgan fingerprint density at radius 2 is 1.95 bits per heavy atom. The number of likely N-dealkylation sites (tertiary alicyclic amines) is 1. The van der Waals surface area contributed by atoms with E-state index in [1.807, 2.05) is 0 Å². The molecular formula is C15H27N3O2. The predicted molar refractivity (Wildman–Crippen MR) is 77.9 cm³/mol. The molecule has 0 aromatic heterocycles. The lowest BCUT2D eigenvalue weighted by Gasteiger charge is -2.41. The van der Waals surface area contributed by atoms with Crippen molar-refractivity contribution in [1.29, 1.82) is 0 Å². The second kappa shape index (κ2) is 6.12. The molecule has 5 heteroatoms. The van der Waals surface area contributed by atoms with Crippen LogP contribution in [0.1, 0.15) is 45.4 Å². The number of nitrogens with two attached hydrogens (primary N) is 1. The molecule has 1 atom stereocenters. The maximum Gasteiger partial charge on any atom is 0.242 e. The van der Waals surface area contributed by atoms with Crippen molar-refractivity contribution in [3.63, 3.8) is 0 Å². The number of rotatable bonds is 3. The Balaban J connectivity index is 2.14. The minimum Gasteiger partial charge on any atom is -0.357 e. The van der Waals surface area contributed by atoms with Gasteiger partial charge in [-0.1, -0.05) is 6.92 Å². The summed E-state index contributed by atoms with van der Waals surface area (Å²) in [6, 6.07) is -0.296. The topological polar surface area (TPSA) is 75.4 Å². The number of likely N-dealkylation sites (N-methyl/N-ethyl adjacent to an activating group) is 1. The van der Waals surface area contributed by atoms with Crippen molar-refractivity contribution >= 4 is 11.8 Å². The van der Waals surface area contributed by atoms with Gasteiger partial charge in [-0.3, -0.25) is 9.59 Å². The molecule has 0 aromatic carbocycles. The van der Waals surface area contributed by atoms with Crippen molar-refractivity contribution in [2.75, 3.05) is 20.1 Å². The summed E-state index contributed by atoms with van der Waals surface area (Å²) < 4.78 is 0. The van der Waals surface area contributed by atoms with Crippen molar-refractivity contribution < 1.29 is 9.59 Å². The van der Waals surface area contributed by atoms with Gasteiger partial charge in [0.1, 0.15) is 6.04 Å². The van der Waals surface area contributed by atoms with Crippen LogP contribution in [0, 0.1) is 11.3 Å². The average Bonchev–Trinajstić information content (AvgIpc) is 2.96. The molecule has 2 amide bonds. The summed E-state index contributed by atoms with van der Waals surface area (Å²) in [4.78, 5) is 26.7. The van der Waals surface area contributed by atoms with E-state index in [4.69, 9.17) is 5.73 Å². The Labute approximate surface area is 121 Å². The van der Waals surface area contributed by atoms with Gasteiger partial charge in [0.2, 0.25) is 11.8 Å². The second-order valence-electron chi connectivity index (χ2n) is 6.44. The largest absolute Gasteiger partial charge is 0.357 e. The van der Waals surface area contributed by atoms with Crippen molar-refractivity contribution in [3.05, 3.63) is 0 Å². The van der Waals surface area contributed by atoms with Crippen molar-refractivity contribution in [1.82, 2.24) is 10.2 Å². The van der Waals surface area contributed by atoms with Crippen LogP contribution < -0.4 is 11.1 Å². The summed E-state index contributed by atoms with van der Waals surface area (Å²) in [5.41, 5.74) is 5.53. The third kappa shape index (κ3) is 2.68. The molecule has 1 saturated carbocycles. The lowest BCUT2D eigenvalue weighted by molar-refractivity contribution is -0.148. The van der Waals surface area contributed by atoms with Crippen LogP contribution in [0.3, 0.4) is 0 Å². The van der Waals surface area contributed by atoms with Gasteiger partial charge >= 0.3 is 0 Å². The van der Waals surface area contributed by atoms with Crippen LogP contribution in [-0.2, 0) is 9.59 Å². The Bertz CT molecular complexity index is 375. The number of amides is 2. The van der Waals surface area contributed by atoms with Crippen LogP contribution >= 0.6 is 0 Å². The van der Waals surface area contributed by atoms with Gasteiger partial charge in [-0.25, -0.2) is 0 Å². The average molecular weight is 281 g/mol. The molecule has 2 aliphatic rings. The van der Waals surface area contributed by atoms with Gasteiger partial charge in [0, 0.05) is 20.1 Å². The number of hydrogen-bond acceptors (Lipinski definition) is 3. The molecule has 2 fully saturated rings. The molecule has 1 heterocycles. The van der Waals surface area contributed by atoms with Crippen molar-refractivity contribution in [2.24, 2.45) is 17.1 Å². The highest BCUT2D eigenvalue weighted by molar-refractivity contribution is 5.90. The first kappa shape index (κ1) is 15.3. The van der Waals surface area contributed by atoms with Crippen LogP contribution in [0.15, 0.2) is 0 Å². The van der Waals surface area contributed by atoms with Gasteiger partial charge in [0.05, 0.1) is 5.41 Å². The predicted octanol–water partition coefficient (Wildman–Crippen LogP) is 0.879. The van der Waals surface area contributed by atoms with E-state index in [-0.39, 0.29) is 17.9 Å². The van der Waals surface area contributed by atoms with Crippen molar-refractivity contribution in [2.45, 2.75) is 51.5 Å². The third-order valence-electron chi connectivity index (χ3n) is 5.14. The Hall–Kier alpha value is -1.10. The Morgan fingerprint density at radius 3 is 2.50 bits per heavy atom. The number of carbonyl (C=O) groups is 2. The van der Waals surface area contributed by atoms with Gasteiger partial charge in [-0.2, -0.15) is 0 Å². The van der Waals surface area contributed by atoms with Crippen LogP contribution in [-0.4, -0.2) is 42.9 Å². The summed E-state index contributed by atoms with van der Waals surface area (Å²) in [6.07, 6.45) is 5.51. The molecular weight excluding hydrogens is 254 g/mol. The zero-order chi connectivity index (χ0) is 14.8. The Kier molecular flexibility index (Phi) is 4.68. The summed E-state index contributed by atoms with van der Waals surface area (Å²) in [7, 11) is 1.63. The monoisotopic (exact) mass is 281 g/mol.